The minimum Gasteiger partial charge on any atom is -0.481 e. The molecule has 3 aromatic carbocycles. The topological polar surface area (TPSA) is 131 Å². The van der Waals surface area contributed by atoms with Gasteiger partial charge in [0.15, 0.2) is 0 Å². The van der Waals surface area contributed by atoms with E-state index in [2.05, 4.69) is 5.32 Å². The van der Waals surface area contributed by atoms with E-state index in [1.54, 1.807) is 12.1 Å². The fourth-order valence-electron chi connectivity index (χ4n) is 5.46. The lowest BCUT2D eigenvalue weighted by Crippen LogP contribution is -2.57. The third-order valence-electron chi connectivity index (χ3n) is 7.47. The van der Waals surface area contributed by atoms with Crippen LogP contribution in [0.2, 0.25) is 0 Å². The SMILES string of the molecule is O=C(O)CC1COCCN1C(=O)[C@H](CC(=O)OCc1ccccc1)NC(=O)OCC1c2ccccc2-c2ccccc21. The van der Waals surface area contributed by atoms with E-state index in [0.717, 1.165) is 27.8 Å². The first-order valence-electron chi connectivity index (χ1n) is 13.8. The molecule has 1 aliphatic carbocycles. The number of esters is 1. The molecule has 2 atom stereocenters. The van der Waals surface area contributed by atoms with Gasteiger partial charge >= 0.3 is 18.0 Å². The van der Waals surface area contributed by atoms with E-state index >= 15 is 0 Å². The number of carboxylic acids is 1. The predicted molar refractivity (Wildman–Crippen MR) is 151 cm³/mol. The number of hydrogen-bond acceptors (Lipinski definition) is 7. The van der Waals surface area contributed by atoms with Gasteiger partial charge in [-0.25, -0.2) is 4.79 Å². The number of hydrogen-bond donors (Lipinski definition) is 2. The quantitative estimate of drug-likeness (QED) is 0.352. The zero-order valence-corrected chi connectivity index (χ0v) is 22.9. The maximum absolute atomic E-state index is 13.6. The van der Waals surface area contributed by atoms with Crippen molar-refractivity contribution >= 4 is 23.9 Å². The average molecular weight is 573 g/mol. The Balaban J connectivity index is 1.28. The highest BCUT2D eigenvalue weighted by Crippen LogP contribution is 2.44. The number of morpholine rings is 1. The molecule has 10 nitrogen and oxygen atoms in total. The van der Waals surface area contributed by atoms with Crippen molar-refractivity contribution in [2.75, 3.05) is 26.4 Å². The summed E-state index contributed by atoms with van der Waals surface area (Å²) in [5, 5.41) is 11.9. The van der Waals surface area contributed by atoms with Crippen LogP contribution in [0, 0.1) is 0 Å². The van der Waals surface area contributed by atoms with Gasteiger partial charge in [0.2, 0.25) is 5.91 Å². The Hall–Kier alpha value is -4.70. The first-order valence-corrected chi connectivity index (χ1v) is 13.8. The van der Waals surface area contributed by atoms with Crippen molar-refractivity contribution < 1.29 is 38.5 Å². The molecule has 10 heteroatoms. The molecule has 2 amide bonds. The molecule has 218 valence electrons. The number of carbonyl (C=O) groups is 4. The molecule has 1 unspecified atom stereocenters. The van der Waals surface area contributed by atoms with Gasteiger partial charge < -0.3 is 29.5 Å². The maximum Gasteiger partial charge on any atom is 0.407 e. The summed E-state index contributed by atoms with van der Waals surface area (Å²) < 4.78 is 16.4. The normalized spacial score (nSPS) is 16.6. The van der Waals surface area contributed by atoms with E-state index in [-0.39, 0.29) is 45.3 Å². The van der Waals surface area contributed by atoms with Crippen molar-refractivity contribution in [3.8, 4) is 11.1 Å². The van der Waals surface area contributed by atoms with Crippen molar-refractivity contribution in [1.82, 2.24) is 10.2 Å². The Kier molecular flexibility index (Phi) is 9.13. The van der Waals surface area contributed by atoms with Crippen molar-refractivity contribution in [3.63, 3.8) is 0 Å². The fourth-order valence-corrected chi connectivity index (χ4v) is 5.46. The number of amides is 2. The van der Waals surface area contributed by atoms with Gasteiger partial charge in [-0.15, -0.1) is 0 Å². The van der Waals surface area contributed by atoms with E-state index < -0.39 is 42.4 Å². The summed E-state index contributed by atoms with van der Waals surface area (Å²) in [5.41, 5.74) is 5.00. The van der Waals surface area contributed by atoms with E-state index in [4.69, 9.17) is 14.2 Å². The summed E-state index contributed by atoms with van der Waals surface area (Å²) in [6.45, 7) is 0.397. The second kappa shape index (κ2) is 13.3. The van der Waals surface area contributed by atoms with E-state index in [1.165, 1.54) is 4.90 Å². The van der Waals surface area contributed by atoms with Gasteiger partial charge in [0.1, 0.15) is 19.3 Å². The summed E-state index contributed by atoms with van der Waals surface area (Å²) in [7, 11) is 0. The number of aliphatic carboxylic acids is 1. The van der Waals surface area contributed by atoms with Crippen molar-refractivity contribution in [2.24, 2.45) is 0 Å². The maximum atomic E-state index is 13.6. The largest absolute Gasteiger partial charge is 0.481 e. The first kappa shape index (κ1) is 28.8. The second-order valence-corrected chi connectivity index (χ2v) is 10.2. The number of carboxylic acid groups (broad SMARTS) is 1. The molecule has 1 fully saturated rings. The van der Waals surface area contributed by atoms with Gasteiger partial charge in [-0.05, 0) is 27.8 Å². The Morgan fingerprint density at radius 1 is 0.905 bits per heavy atom. The molecule has 0 aromatic heterocycles. The molecule has 0 radical (unpaired) electrons. The molecule has 42 heavy (non-hydrogen) atoms. The Labute approximate surface area is 243 Å². The number of ether oxygens (including phenoxy) is 3. The van der Waals surface area contributed by atoms with E-state index in [0.29, 0.717) is 0 Å². The highest BCUT2D eigenvalue weighted by Gasteiger charge is 2.36. The Bertz CT molecular complexity index is 1400. The molecule has 2 aliphatic rings. The van der Waals surface area contributed by atoms with Crippen LogP contribution < -0.4 is 5.32 Å². The summed E-state index contributed by atoms with van der Waals surface area (Å²) >= 11 is 0. The lowest BCUT2D eigenvalue weighted by molar-refractivity contribution is -0.153. The molecule has 2 N–H and O–H groups in total. The molecule has 1 heterocycles. The number of fused-ring (bicyclic) bond motifs is 3. The molecule has 1 saturated heterocycles. The fraction of sp³-hybridized carbons (Fsp3) is 0.312. The highest BCUT2D eigenvalue weighted by atomic mass is 16.6. The van der Waals surface area contributed by atoms with Crippen LogP contribution in [-0.4, -0.2) is 72.4 Å². The second-order valence-electron chi connectivity index (χ2n) is 10.2. The van der Waals surface area contributed by atoms with Crippen LogP contribution in [-0.2, 0) is 35.2 Å². The van der Waals surface area contributed by atoms with Crippen LogP contribution in [0.25, 0.3) is 11.1 Å². The minimum absolute atomic E-state index is 0.00468. The van der Waals surface area contributed by atoms with Gasteiger partial charge in [0, 0.05) is 12.5 Å². The van der Waals surface area contributed by atoms with Crippen LogP contribution in [0.15, 0.2) is 78.9 Å². The third-order valence-corrected chi connectivity index (χ3v) is 7.47. The van der Waals surface area contributed by atoms with Crippen LogP contribution in [0.1, 0.15) is 35.4 Å². The van der Waals surface area contributed by atoms with Gasteiger partial charge in [0.05, 0.1) is 32.1 Å². The van der Waals surface area contributed by atoms with Crippen LogP contribution in [0.5, 0.6) is 0 Å². The zero-order chi connectivity index (χ0) is 29.5. The van der Waals surface area contributed by atoms with Crippen molar-refractivity contribution in [3.05, 3.63) is 95.6 Å². The Morgan fingerprint density at radius 3 is 2.21 bits per heavy atom. The van der Waals surface area contributed by atoms with Gasteiger partial charge in [-0.2, -0.15) is 0 Å². The number of rotatable bonds is 10. The van der Waals surface area contributed by atoms with E-state index in [1.807, 2.05) is 66.7 Å². The molecule has 0 bridgehead atoms. The molecular formula is C32H32N2O8. The van der Waals surface area contributed by atoms with Crippen LogP contribution >= 0.6 is 0 Å². The minimum atomic E-state index is -1.32. The van der Waals surface area contributed by atoms with Crippen molar-refractivity contribution in [1.29, 1.82) is 0 Å². The summed E-state index contributed by atoms with van der Waals surface area (Å²) in [6.07, 6.45) is -1.65. The zero-order valence-electron chi connectivity index (χ0n) is 22.9. The molecular weight excluding hydrogens is 540 g/mol. The van der Waals surface area contributed by atoms with Crippen molar-refractivity contribution in [2.45, 2.75) is 37.5 Å². The summed E-state index contributed by atoms with van der Waals surface area (Å²) in [4.78, 5) is 52.2. The number of benzene rings is 3. The summed E-state index contributed by atoms with van der Waals surface area (Å²) in [5.74, 6) is -2.58. The Morgan fingerprint density at radius 2 is 1.55 bits per heavy atom. The number of alkyl carbamates (subject to hydrolysis) is 1. The number of carbonyl (C=O) groups excluding carboxylic acids is 3. The van der Waals surface area contributed by atoms with Crippen LogP contribution in [0.4, 0.5) is 4.79 Å². The van der Waals surface area contributed by atoms with E-state index in [9.17, 15) is 24.3 Å². The predicted octanol–water partition coefficient (Wildman–Crippen LogP) is 3.73. The standard InChI is InChI=1S/C32H32N2O8/c35-29(36)16-22-19-40-15-14-34(22)31(38)28(17-30(37)41-18-21-8-2-1-3-9-21)33-32(39)42-20-27-25-12-6-4-10-23(25)24-11-5-7-13-26(24)27/h1-13,22,27-28H,14-20H2,(H,33,39)(H,35,36)/t22?,28-/m0/s1. The third kappa shape index (κ3) is 6.77. The van der Waals surface area contributed by atoms with Crippen LogP contribution in [0.3, 0.4) is 0 Å². The molecule has 3 aromatic rings. The number of nitrogens with zero attached hydrogens (tertiary/aromatic N) is 1. The molecule has 5 rings (SSSR count). The first-order chi connectivity index (χ1) is 20.4. The molecule has 0 saturated carbocycles. The highest BCUT2D eigenvalue weighted by molar-refractivity contribution is 5.90. The van der Waals surface area contributed by atoms with Gasteiger partial charge in [0.25, 0.3) is 0 Å². The van der Waals surface area contributed by atoms with Gasteiger partial charge in [-0.3, -0.25) is 14.4 Å². The number of nitrogens with one attached hydrogen (secondary N) is 1. The molecule has 0 spiro atoms. The lowest BCUT2D eigenvalue weighted by atomic mass is 9.98. The lowest BCUT2D eigenvalue weighted by Gasteiger charge is -2.36. The average Bonchev–Trinajstić information content (AvgIpc) is 3.32. The monoisotopic (exact) mass is 572 g/mol. The van der Waals surface area contributed by atoms with Gasteiger partial charge in [-0.1, -0.05) is 78.9 Å². The summed E-state index contributed by atoms with van der Waals surface area (Å²) in [6, 6.07) is 22.8. The molecule has 1 aliphatic heterocycles. The smallest absolute Gasteiger partial charge is 0.407 e.